The van der Waals surface area contributed by atoms with Crippen molar-refractivity contribution in [2.24, 2.45) is 0 Å². The summed E-state index contributed by atoms with van der Waals surface area (Å²) in [6.45, 7) is 5.36. The number of carbonyl (C=O) groups excluding carboxylic acids is 2. The molecule has 174 valence electrons. The fourth-order valence-corrected chi connectivity index (χ4v) is 4.51. The number of rotatable bonds is 7. The Bertz CT molecular complexity index is 1420. The number of amides is 1. The van der Waals surface area contributed by atoms with Crippen molar-refractivity contribution < 1.29 is 23.5 Å². The smallest absolute Gasteiger partial charge is 0.341 e. The van der Waals surface area contributed by atoms with Crippen LogP contribution in [0.2, 0.25) is 0 Å². The van der Waals surface area contributed by atoms with Gasteiger partial charge in [0.1, 0.15) is 22.1 Å². The molecule has 8 heteroatoms. The average Bonchev–Trinajstić information content (AvgIpc) is 3.11. The van der Waals surface area contributed by atoms with Crippen LogP contribution < -0.4 is 15.5 Å². The van der Waals surface area contributed by atoms with Crippen LogP contribution in [0.3, 0.4) is 0 Å². The Balaban J connectivity index is 1.48. The minimum Gasteiger partial charge on any atom is -0.484 e. The van der Waals surface area contributed by atoms with Crippen LogP contribution in [0.25, 0.3) is 22.3 Å². The first kappa shape index (κ1) is 23.3. The number of ether oxygens (including phenoxy) is 2. The highest BCUT2D eigenvalue weighted by Gasteiger charge is 2.22. The highest BCUT2D eigenvalue weighted by molar-refractivity contribution is 7.16. The Morgan fingerprint density at radius 1 is 1.06 bits per heavy atom. The van der Waals surface area contributed by atoms with E-state index in [0.717, 1.165) is 16.0 Å². The molecule has 0 bridgehead atoms. The zero-order valence-corrected chi connectivity index (χ0v) is 19.8. The third-order valence-corrected chi connectivity index (χ3v) is 6.37. The molecule has 0 aliphatic carbocycles. The maximum Gasteiger partial charge on any atom is 0.341 e. The predicted octanol–water partition coefficient (Wildman–Crippen LogP) is 5.33. The van der Waals surface area contributed by atoms with E-state index in [0.29, 0.717) is 33.0 Å². The van der Waals surface area contributed by atoms with Crippen LogP contribution in [0.15, 0.2) is 63.8 Å². The quantitative estimate of drug-likeness (QED) is 0.362. The van der Waals surface area contributed by atoms with Crippen LogP contribution in [-0.4, -0.2) is 25.1 Å². The Morgan fingerprint density at radius 2 is 1.82 bits per heavy atom. The van der Waals surface area contributed by atoms with Crippen molar-refractivity contribution in [3.05, 3.63) is 80.8 Å². The highest BCUT2D eigenvalue weighted by atomic mass is 32.1. The number of nitrogens with one attached hydrogen (secondary N) is 1. The molecule has 0 aliphatic heterocycles. The van der Waals surface area contributed by atoms with Crippen molar-refractivity contribution >= 4 is 39.2 Å². The standard InChI is InChI=1S/C26H23NO6S/c1-4-31-26(30)24-15(2)16(3)34-25(24)27-23(29)14-32-18-10-11-21-19(12-18)20(28)13-22(33-21)17-8-6-5-7-9-17/h5-13H,4,14H2,1-3H3,(H,27,29). The van der Waals surface area contributed by atoms with Crippen molar-refractivity contribution in [1.82, 2.24) is 0 Å². The fraction of sp³-hybridized carbons (Fsp3) is 0.192. The molecule has 0 radical (unpaired) electrons. The summed E-state index contributed by atoms with van der Waals surface area (Å²) in [5, 5.41) is 3.51. The summed E-state index contributed by atoms with van der Waals surface area (Å²) in [5.74, 6) is -0.0771. The van der Waals surface area contributed by atoms with Crippen molar-refractivity contribution in [1.29, 1.82) is 0 Å². The largest absolute Gasteiger partial charge is 0.484 e. The van der Waals surface area contributed by atoms with Gasteiger partial charge in [-0.05, 0) is 44.5 Å². The van der Waals surface area contributed by atoms with Crippen molar-refractivity contribution in [3.63, 3.8) is 0 Å². The highest BCUT2D eigenvalue weighted by Crippen LogP contribution is 2.33. The lowest BCUT2D eigenvalue weighted by atomic mass is 10.1. The molecule has 2 aromatic carbocycles. The third kappa shape index (κ3) is 4.87. The maximum atomic E-state index is 12.7. The molecule has 0 aliphatic rings. The zero-order chi connectivity index (χ0) is 24.2. The van der Waals surface area contributed by atoms with Gasteiger partial charge in [0.25, 0.3) is 5.91 Å². The summed E-state index contributed by atoms with van der Waals surface area (Å²) < 4.78 is 16.6. The van der Waals surface area contributed by atoms with E-state index in [2.05, 4.69) is 5.32 Å². The summed E-state index contributed by atoms with van der Waals surface area (Å²) in [6, 6.07) is 15.6. The lowest BCUT2D eigenvalue weighted by Gasteiger charge is -2.09. The lowest BCUT2D eigenvalue weighted by Crippen LogP contribution is -2.21. The molecule has 0 saturated heterocycles. The minimum absolute atomic E-state index is 0.210. The molecule has 7 nitrogen and oxygen atoms in total. The van der Waals surface area contributed by atoms with Crippen LogP contribution in [0, 0.1) is 13.8 Å². The number of hydrogen-bond acceptors (Lipinski definition) is 7. The van der Waals surface area contributed by atoms with Gasteiger partial charge in [0, 0.05) is 16.5 Å². The van der Waals surface area contributed by atoms with Gasteiger partial charge in [0.15, 0.2) is 12.0 Å². The van der Waals surface area contributed by atoms with Gasteiger partial charge in [-0.3, -0.25) is 9.59 Å². The molecular weight excluding hydrogens is 454 g/mol. The monoisotopic (exact) mass is 477 g/mol. The van der Waals surface area contributed by atoms with Gasteiger partial charge in [-0.15, -0.1) is 11.3 Å². The molecule has 0 saturated carbocycles. The number of fused-ring (bicyclic) bond motifs is 1. The van der Waals surface area contributed by atoms with Gasteiger partial charge in [-0.25, -0.2) is 4.79 Å². The summed E-state index contributed by atoms with van der Waals surface area (Å²) in [7, 11) is 0. The second-order valence-corrected chi connectivity index (χ2v) is 8.77. The topological polar surface area (TPSA) is 94.8 Å². The number of aryl methyl sites for hydroxylation is 1. The minimum atomic E-state index is -0.475. The van der Waals surface area contributed by atoms with Gasteiger partial charge in [0.05, 0.1) is 17.6 Å². The molecule has 34 heavy (non-hydrogen) atoms. The second-order valence-electron chi connectivity index (χ2n) is 7.54. The van der Waals surface area contributed by atoms with Crippen molar-refractivity contribution in [3.8, 4) is 17.1 Å². The lowest BCUT2D eigenvalue weighted by molar-refractivity contribution is -0.118. The van der Waals surface area contributed by atoms with E-state index in [1.807, 2.05) is 44.2 Å². The van der Waals surface area contributed by atoms with Crippen LogP contribution >= 0.6 is 11.3 Å². The molecule has 2 aromatic heterocycles. The molecule has 1 amide bonds. The van der Waals surface area contributed by atoms with Gasteiger partial charge >= 0.3 is 5.97 Å². The van der Waals surface area contributed by atoms with E-state index in [1.54, 1.807) is 25.1 Å². The van der Waals surface area contributed by atoms with E-state index in [4.69, 9.17) is 13.9 Å². The molecular formula is C26H23NO6S. The number of thiophene rings is 1. The first-order valence-corrected chi connectivity index (χ1v) is 11.5. The van der Waals surface area contributed by atoms with Crippen molar-refractivity contribution in [2.75, 3.05) is 18.5 Å². The normalized spacial score (nSPS) is 10.8. The number of hydrogen-bond donors (Lipinski definition) is 1. The van der Waals surface area contributed by atoms with E-state index < -0.39 is 11.9 Å². The number of benzene rings is 2. The fourth-order valence-electron chi connectivity index (χ4n) is 3.45. The Kier molecular flexibility index (Phi) is 6.79. The molecule has 4 aromatic rings. The first-order valence-electron chi connectivity index (χ1n) is 10.7. The van der Waals surface area contributed by atoms with Gasteiger partial charge in [-0.1, -0.05) is 30.3 Å². The van der Waals surface area contributed by atoms with E-state index >= 15 is 0 Å². The van der Waals surface area contributed by atoms with E-state index in [-0.39, 0.29) is 18.6 Å². The molecule has 1 N–H and O–H groups in total. The molecule has 0 atom stereocenters. The van der Waals surface area contributed by atoms with Crippen LogP contribution in [0.1, 0.15) is 27.7 Å². The number of anilines is 1. The molecule has 0 spiro atoms. The molecule has 0 fully saturated rings. The van der Waals surface area contributed by atoms with Gasteiger partial charge in [0.2, 0.25) is 0 Å². The average molecular weight is 478 g/mol. The number of carbonyl (C=O) groups is 2. The van der Waals surface area contributed by atoms with Crippen molar-refractivity contribution in [2.45, 2.75) is 20.8 Å². The second kappa shape index (κ2) is 9.93. The number of esters is 1. The molecule has 4 rings (SSSR count). The predicted molar refractivity (Wildman–Crippen MR) is 132 cm³/mol. The summed E-state index contributed by atoms with van der Waals surface area (Å²) in [6.07, 6.45) is 0. The first-order chi connectivity index (χ1) is 16.4. The van der Waals surface area contributed by atoms with E-state index in [1.165, 1.54) is 17.4 Å². The summed E-state index contributed by atoms with van der Waals surface area (Å²) in [4.78, 5) is 38.4. The van der Waals surface area contributed by atoms with Crippen LogP contribution in [0.5, 0.6) is 5.75 Å². The Hall–Kier alpha value is -3.91. The molecule has 0 unspecified atom stereocenters. The van der Waals surface area contributed by atoms with E-state index in [9.17, 15) is 14.4 Å². The molecule has 2 heterocycles. The van der Waals surface area contributed by atoms with Crippen LogP contribution in [0.4, 0.5) is 5.00 Å². The third-order valence-electron chi connectivity index (χ3n) is 5.24. The van der Waals surface area contributed by atoms with Gasteiger partial charge < -0.3 is 19.2 Å². The Morgan fingerprint density at radius 3 is 2.56 bits per heavy atom. The summed E-state index contributed by atoms with van der Waals surface area (Å²) in [5.41, 5.74) is 2.15. The SMILES string of the molecule is CCOC(=O)c1c(NC(=O)COc2ccc3oc(-c4ccccc4)cc(=O)c3c2)sc(C)c1C. The Labute approximate surface area is 199 Å². The zero-order valence-electron chi connectivity index (χ0n) is 19.0. The van der Waals surface area contributed by atoms with Gasteiger partial charge in [-0.2, -0.15) is 0 Å². The summed E-state index contributed by atoms with van der Waals surface area (Å²) >= 11 is 1.31. The van der Waals surface area contributed by atoms with Crippen LogP contribution in [-0.2, 0) is 9.53 Å². The maximum absolute atomic E-state index is 12.7.